The second-order valence-corrected chi connectivity index (χ2v) is 7.08. The minimum atomic E-state index is -3.90. The first-order chi connectivity index (χ1) is 11.3. The highest BCUT2D eigenvalue weighted by Crippen LogP contribution is 2.27. The molecule has 1 aromatic carbocycles. The highest BCUT2D eigenvalue weighted by Gasteiger charge is 2.21. The molecular weight excluding hydrogens is 334 g/mol. The molecule has 0 radical (unpaired) electrons. The fourth-order valence-corrected chi connectivity index (χ4v) is 3.08. The lowest BCUT2D eigenvalue weighted by Crippen LogP contribution is -2.37. The fourth-order valence-electron chi connectivity index (χ4n) is 1.92. The van der Waals surface area contributed by atoms with Gasteiger partial charge in [-0.25, -0.2) is 13.1 Å². The summed E-state index contributed by atoms with van der Waals surface area (Å²) in [6.45, 7) is 0.985. The molecule has 0 bridgehead atoms. The number of ether oxygens (including phenoxy) is 2. The van der Waals surface area contributed by atoms with Crippen LogP contribution in [0.5, 0.6) is 11.5 Å². The minimum absolute atomic E-state index is 0.0789. The van der Waals surface area contributed by atoms with Crippen LogP contribution in [0.2, 0.25) is 0 Å². The lowest BCUT2D eigenvalue weighted by Gasteiger charge is -2.12. The molecule has 0 aliphatic carbocycles. The molecule has 0 fully saturated rings. The Balaban J connectivity index is 2.65. The van der Waals surface area contributed by atoms with Gasteiger partial charge in [0, 0.05) is 12.6 Å². The molecule has 0 spiro atoms. The first kappa shape index (κ1) is 20.2. The molecule has 0 unspecified atom stereocenters. The number of rotatable bonds is 10. The van der Waals surface area contributed by atoms with Gasteiger partial charge in [0.2, 0.25) is 15.9 Å². The van der Waals surface area contributed by atoms with Gasteiger partial charge in [0.1, 0.15) is 16.4 Å². The second kappa shape index (κ2) is 9.45. The second-order valence-electron chi connectivity index (χ2n) is 5.35. The van der Waals surface area contributed by atoms with Gasteiger partial charge in [0.25, 0.3) is 0 Å². The van der Waals surface area contributed by atoms with Gasteiger partial charge in [-0.1, -0.05) is 0 Å². The Morgan fingerprint density at radius 1 is 1.21 bits per heavy atom. The zero-order valence-electron chi connectivity index (χ0n) is 14.5. The van der Waals surface area contributed by atoms with E-state index in [0.29, 0.717) is 12.3 Å². The number of nitrogens with one attached hydrogen (secondary N) is 2. The van der Waals surface area contributed by atoms with Crippen LogP contribution in [0.4, 0.5) is 0 Å². The molecule has 0 saturated heterocycles. The van der Waals surface area contributed by atoms with Crippen molar-refractivity contribution in [1.82, 2.24) is 14.9 Å². The van der Waals surface area contributed by atoms with E-state index in [9.17, 15) is 13.2 Å². The molecule has 0 heterocycles. The number of hydrogen-bond donors (Lipinski definition) is 2. The highest BCUT2D eigenvalue weighted by atomic mass is 32.2. The molecule has 1 amide bonds. The van der Waals surface area contributed by atoms with E-state index in [1.165, 1.54) is 26.4 Å². The predicted molar refractivity (Wildman–Crippen MR) is 90.9 cm³/mol. The van der Waals surface area contributed by atoms with E-state index >= 15 is 0 Å². The summed E-state index contributed by atoms with van der Waals surface area (Å²) in [5.41, 5.74) is 0. The van der Waals surface area contributed by atoms with Gasteiger partial charge >= 0.3 is 0 Å². The van der Waals surface area contributed by atoms with Crippen molar-refractivity contribution in [3.05, 3.63) is 18.2 Å². The molecule has 0 aromatic heterocycles. The molecule has 1 rings (SSSR count). The number of nitrogens with zero attached hydrogens (tertiary/aromatic N) is 1. The van der Waals surface area contributed by atoms with Crippen LogP contribution >= 0.6 is 0 Å². The van der Waals surface area contributed by atoms with E-state index in [1.54, 1.807) is 6.07 Å². The van der Waals surface area contributed by atoms with Crippen LogP contribution < -0.4 is 19.5 Å². The van der Waals surface area contributed by atoms with Gasteiger partial charge in [-0.2, -0.15) is 0 Å². The largest absolute Gasteiger partial charge is 0.497 e. The molecule has 0 saturated carbocycles. The first-order valence-corrected chi connectivity index (χ1v) is 8.91. The Bertz CT molecular complexity index is 647. The van der Waals surface area contributed by atoms with Gasteiger partial charge in [-0.05, 0) is 39.2 Å². The number of benzene rings is 1. The van der Waals surface area contributed by atoms with Gasteiger partial charge in [0.05, 0.1) is 20.8 Å². The third-order valence-electron chi connectivity index (χ3n) is 3.19. The van der Waals surface area contributed by atoms with E-state index in [1.807, 2.05) is 19.0 Å². The molecule has 0 atom stereocenters. The van der Waals surface area contributed by atoms with E-state index in [2.05, 4.69) is 10.0 Å². The van der Waals surface area contributed by atoms with Gasteiger partial charge in [0.15, 0.2) is 0 Å². The van der Waals surface area contributed by atoms with Gasteiger partial charge in [-0.3, -0.25) is 4.79 Å². The third kappa shape index (κ3) is 6.34. The maximum absolute atomic E-state index is 12.4. The van der Waals surface area contributed by atoms with Crippen molar-refractivity contribution >= 4 is 15.9 Å². The zero-order chi connectivity index (χ0) is 18.2. The van der Waals surface area contributed by atoms with E-state index in [-0.39, 0.29) is 23.1 Å². The monoisotopic (exact) mass is 359 g/mol. The highest BCUT2D eigenvalue weighted by molar-refractivity contribution is 7.89. The molecule has 8 nitrogen and oxygen atoms in total. The Morgan fingerprint density at radius 2 is 1.92 bits per heavy atom. The first-order valence-electron chi connectivity index (χ1n) is 7.43. The lowest BCUT2D eigenvalue weighted by atomic mass is 10.3. The molecule has 0 aliphatic heterocycles. The molecular formula is C15H25N3O5S. The van der Waals surface area contributed by atoms with Crippen LogP contribution in [0.15, 0.2) is 23.1 Å². The summed E-state index contributed by atoms with van der Waals surface area (Å²) in [7, 11) is 2.80. The Kier molecular flexibility index (Phi) is 7.96. The van der Waals surface area contributed by atoms with Crippen LogP contribution in [0.3, 0.4) is 0 Å². The third-order valence-corrected chi connectivity index (χ3v) is 4.61. The standard InChI is InChI=1S/C15H25N3O5S/c1-18(2)9-5-8-16-15(19)11-17-24(20,21)14-10-12(22-3)6-7-13(14)23-4/h6-7,10,17H,5,8-9,11H2,1-4H3,(H,16,19). The molecule has 136 valence electrons. The van der Waals surface area contributed by atoms with Crippen molar-refractivity contribution in [1.29, 1.82) is 0 Å². The van der Waals surface area contributed by atoms with Crippen LogP contribution in [-0.4, -0.2) is 67.2 Å². The maximum Gasteiger partial charge on any atom is 0.244 e. The summed E-state index contributed by atoms with van der Waals surface area (Å²) in [5, 5.41) is 2.66. The fraction of sp³-hybridized carbons (Fsp3) is 0.533. The van der Waals surface area contributed by atoms with Crippen molar-refractivity contribution in [3.8, 4) is 11.5 Å². The average Bonchev–Trinajstić information content (AvgIpc) is 2.56. The molecule has 2 N–H and O–H groups in total. The summed E-state index contributed by atoms with van der Waals surface area (Å²) >= 11 is 0. The number of hydrogen-bond acceptors (Lipinski definition) is 6. The predicted octanol–water partition coefficient (Wildman–Crippen LogP) is 0.0500. The van der Waals surface area contributed by atoms with Crippen LogP contribution in [-0.2, 0) is 14.8 Å². The molecule has 0 aliphatic rings. The average molecular weight is 359 g/mol. The summed E-state index contributed by atoms with van der Waals surface area (Å²) in [6.07, 6.45) is 0.787. The van der Waals surface area contributed by atoms with Crippen molar-refractivity contribution in [3.63, 3.8) is 0 Å². The Hall–Kier alpha value is -1.84. The van der Waals surface area contributed by atoms with E-state index in [0.717, 1.165) is 13.0 Å². The van der Waals surface area contributed by atoms with Crippen molar-refractivity contribution in [2.24, 2.45) is 0 Å². The normalized spacial score (nSPS) is 11.4. The van der Waals surface area contributed by atoms with Crippen molar-refractivity contribution < 1.29 is 22.7 Å². The summed E-state index contributed by atoms with van der Waals surface area (Å²) < 4.78 is 37.1. The smallest absolute Gasteiger partial charge is 0.244 e. The van der Waals surface area contributed by atoms with Crippen LogP contribution in [0.25, 0.3) is 0 Å². The quantitative estimate of drug-likeness (QED) is 0.573. The Morgan fingerprint density at radius 3 is 2.50 bits per heavy atom. The molecule has 24 heavy (non-hydrogen) atoms. The number of sulfonamides is 1. The molecule has 9 heteroatoms. The number of carbonyl (C=O) groups excluding carboxylic acids is 1. The topological polar surface area (TPSA) is 97.0 Å². The summed E-state index contributed by atoms with van der Waals surface area (Å²) in [4.78, 5) is 13.7. The number of amides is 1. The van der Waals surface area contributed by atoms with Gasteiger partial charge < -0.3 is 19.7 Å². The van der Waals surface area contributed by atoms with Crippen molar-refractivity contribution in [2.45, 2.75) is 11.3 Å². The minimum Gasteiger partial charge on any atom is -0.497 e. The van der Waals surface area contributed by atoms with Crippen LogP contribution in [0.1, 0.15) is 6.42 Å². The van der Waals surface area contributed by atoms with Gasteiger partial charge in [-0.15, -0.1) is 0 Å². The molecule has 1 aromatic rings. The lowest BCUT2D eigenvalue weighted by molar-refractivity contribution is -0.119. The number of carbonyl (C=O) groups is 1. The Labute approximate surface area is 143 Å². The zero-order valence-corrected chi connectivity index (χ0v) is 15.3. The van der Waals surface area contributed by atoms with Crippen LogP contribution in [0, 0.1) is 0 Å². The summed E-state index contributed by atoms with van der Waals surface area (Å²) in [5.74, 6) is 0.165. The SMILES string of the molecule is COc1ccc(OC)c(S(=O)(=O)NCC(=O)NCCCN(C)C)c1. The number of methoxy groups -OCH3 is 2. The van der Waals surface area contributed by atoms with E-state index < -0.39 is 10.0 Å². The maximum atomic E-state index is 12.4. The van der Waals surface area contributed by atoms with E-state index in [4.69, 9.17) is 9.47 Å². The van der Waals surface area contributed by atoms with Crippen molar-refractivity contribution in [2.75, 3.05) is 47.9 Å². The summed E-state index contributed by atoms with van der Waals surface area (Å²) in [6, 6.07) is 4.43.